The van der Waals surface area contributed by atoms with Gasteiger partial charge in [0.2, 0.25) is 0 Å². The van der Waals surface area contributed by atoms with Crippen LogP contribution in [0.5, 0.6) is 5.75 Å². The van der Waals surface area contributed by atoms with Gasteiger partial charge >= 0.3 is 0 Å². The van der Waals surface area contributed by atoms with Gasteiger partial charge in [-0.25, -0.2) is 0 Å². The molecule has 0 aliphatic heterocycles. The summed E-state index contributed by atoms with van der Waals surface area (Å²) in [4.78, 5) is 0. The van der Waals surface area contributed by atoms with Gasteiger partial charge in [0.05, 0.1) is 65.1 Å². The van der Waals surface area contributed by atoms with Crippen molar-refractivity contribution in [3.05, 3.63) is 84.9 Å². The molecule has 8 heteroatoms. The summed E-state index contributed by atoms with van der Waals surface area (Å²) in [5, 5.41) is 2.50. The number of nitrogen functional groups attached to an aromatic ring is 1. The number of hydrogen-bond acceptors (Lipinski definition) is 7. The molecular weight excluding hydrogens is 522 g/mol. The van der Waals surface area contributed by atoms with E-state index in [1.807, 2.05) is 24.3 Å². The van der Waals surface area contributed by atoms with Gasteiger partial charge in [-0.3, -0.25) is 0 Å². The van der Waals surface area contributed by atoms with Crippen molar-refractivity contribution >= 4 is 24.4 Å². The molecule has 0 saturated carbocycles. The highest BCUT2D eigenvalue weighted by Crippen LogP contribution is 2.36. The molecule has 0 atom stereocenters. The second kappa shape index (κ2) is 17.2. The summed E-state index contributed by atoms with van der Waals surface area (Å²) in [6.45, 7) is 11.9. The van der Waals surface area contributed by atoms with Crippen LogP contribution in [0, 0.1) is 0 Å². The maximum atomic E-state index is 6.83. The van der Waals surface area contributed by atoms with Crippen molar-refractivity contribution in [3.63, 3.8) is 0 Å². The Morgan fingerprint density at radius 3 is 1.38 bits per heavy atom. The standard InChI is InChI=1S/C32H45NO6Si/c1-32(2,3)40(28-12-6-4-7-13-28,29-14-8-5-9-15-29)39-27-25-37-23-21-35-19-18-34-20-22-36-24-26-38-31-17-11-10-16-30(31)33/h4-17H,18-27,33H2,1-3H3. The van der Waals surface area contributed by atoms with Gasteiger partial charge in [0.1, 0.15) is 12.4 Å². The number of hydrogen-bond donors (Lipinski definition) is 1. The molecule has 0 aromatic heterocycles. The fraction of sp³-hybridized carbons (Fsp3) is 0.438. The van der Waals surface area contributed by atoms with Crippen LogP contribution in [0.2, 0.25) is 5.04 Å². The number of benzene rings is 3. The van der Waals surface area contributed by atoms with Crippen LogP contribution in [-0.2, 0) is 23.4 Å². The molecule has 0 unspecified atom stereocenters. The molecule has 0 amide bonds. The molecule has 3 aromatic rings. The monoisotopic (exact) mass is 567 g/mol. The summed E-state index contributed by atoms with van der Waals surface area (Å²) in [5.41, 5.74) is 6.47. The highest BCUT2D eigenvalue weighted by Gasteiger charge is 2.49. The second-order valence-electron chi connectivity index (χ2n) is 10.3. The Bertz CT molecular complexity index is 1040. The van der Waals surface area contributed by atoms with E-state index in [4.69, 9.17) is 33.8 Å². The van der Waals surface area contributed by atoms with E-state index in [9.17, 15) is 0 Å². The molecule has 0 fully saturated rings. The van der Waals surface area contributed by atoms with Crippen molar-refractivity contribution in [1.29, 1.82) is 0 Å². The second-order valence-corrected chi connectivity index (χ2v) is 14.7. The maximum absolute atomic E-state index is 6.83. The Hall–Kier alpha value is -2.72. The zero-order chi connectivity index (χ0) is 28.5. The number of para-hydroxylation sites is 2. The highest BCUT2D eigenvalue weighted by atomic mass is 28.4. The first-order valence-corrected chi connectivity index (χ1v) is 15.9. The van der Waals surface area contributed by atoms with E-state index >= 15 is 0 Å². The Kier molecular flexibility index (Phi) is 13.6. The molecule has 218 valence electrons. The average Bonchev–Trinajstić information content (AvgIpc) is 2.96. The Labute approximate surface area is 240 Å². The van der Waals surface area contributed by atoms with E-state index in [-0.39, 0.29) is 5.04 Å². The smallest absolute Gasteiger partial charge is 0.261 e. The zero-order valence-corrected chi connectivity index (χ0v) is 25.2. The molecule has 0 heterocycles. The van der Waals surface area contributed by atoms with Crippen molar-refractivity contribution < 1.29 is 28.1 Å². The third-order valence-corrected chi connectivity index (χ3v) is 11.5. The summed E-state index contributed by atoms with van der Waals surface area (Å²) in [5.74, 6) is 0.676. The minimum atomic E-state index is -2.52. The first kappa shape index (κ1) is 31.8. The lowest BCUT2D eigenvalue weighted by Crippen LogP contribution is -2.66. The molecule has 0 aliphatic carbocycles. The van der Waals surface area contributed by atoms with E-state index in [1.54, 1.807) is 0 Å². The van der Waals surface area contributed by atoms with Gasteiger partial charge in [-0.05, 0) is 27.5 Å². The lowest BCUT2D eigenvalue weighted by Gasteiger charge is -2.43. The lowest BCUT2D eigenvalue weighted by atomic mass is 10.2. The highest BCUT2D eigenvalue weighted by molar-refractivity contribution is 6.99. The van der Waals surface area contributed by atoms with E-state index in [1.165, 1.54) is 10.4 Å². The Morgan fingerprint density at radius 1 is 0.525 bits per heavy atom. The van der Waals surface area contributed by atoms with Crippen molar-refractivity contribution in [1.82, 2.24) is 0 Å². The average molecular weight is 568 g/mol. The topological polar surface area (TPSA) is 81.4 Å². The number of rotatable bonds is 19. The molecule has 3 aromatic carbocycles. The molecule has 7 nitrogen and oxygen atoms in total. The van der Waals surface area contributed by atoms with Crippen LogP contribution in [0.1, 0.15) is 20.8 Å². The summed E-state index contributed by atoms with van der Waals surface area (Å²) in [7, 11) is -2.52. The third kappa shape index (κ3) is 9.73. The van der Waals surface area contributed by atoms with Crippen LogP contribution in [0.15, 0.2) is 84.9 Å². The number of nitrogens with two attached hydrogens (primary N) is 1. The van der Waals surface area contributed by atoms with Gasteiger partial charge in [0.25, 0.3) is 8.32 Å². The van der Waals surface area contributed by atoms with Crippen LogP contribution >= 0.6 is 0 Å². The van der Waals surface area contributed by atoms with Gasteiger partial charge < -0.3 is 33.8 Å². The first-order chi connectivity index (χ1) is 19.4. The van der Waals surface area contributed by atoms with E-state index in [2.05, 4.69) is 81.4 Å². The molecule has 0 saturated heterocycles. The van der Waals surface area contributed by atoms with Crippen molar-refractivity contribution in [2.75, 3.05) is 71.8 Å². The quantitative estimate of drug-likeness (QED) is 0.131. The molecule has 0 aliphatic rings. The fourth-order valence-electron chi connectivity index (χ4n) is 4.60. The lowest BCUT2D eigenvalue weighted by molar-refractivity contribution is -0.00724. The van der Waals surface area contributed by atoms with Crippen molar-refractivity contribution in [2.24, 2.45) is 0 Å². The van der Waals surface area contributed by atoms with Crippen LogP contribution in [0.3, 0.4) is 0 Å². The minimum Gasteiger partial charge on any atom is -0.489 e. The SMILES string of the molecule is CC(C)(C)[Si](OCCOCCOCCOCCOCCOc1ccccc1N)(c1ccccc1)c1ccccc1. The normalized spacial score (nSPS) is 12.0. The van der Waals surface area contributed by atoms with Gasteiger partial charge in [-0.15, -0.1) is 0 Å². The van der Waals surface area contributed by atoms with Crippen LogP contribution < -0.4 is 20.8 Å². The summed E-state index contributed by atoms with van der Waals surface area (Å²) in [6.07, 6.45) is 0. The molecule has 40 heavy (non-hydrogen) atoms. The maximum Gasteiger partial charge on any atom is 0.261 e. The van der Waals surface area contributed by atoms with Crippen LogP contribution in [-0.4, -0.2) is 74.4 Å². The first-order valence-electron chi connectivity index (χ1n) is 14.0. The van der Waals surface area contributed by atoms with Crippen molar-refractivity contribution in [3.8, 4) is 5.75 Å². The number of ether oxygens (including phenoxy) is 5. The van der Waals surface area contributed by atoms with Gasteiger partial charge in [-0.2, -0.15) is 0 Å². The largest absolute Gasteiger partial charge is 0.489 e. The Morgan fingerprint density at radius 2 is 0.925 bits per heavy atom. The zero-order valence-electron chi connectivity index (χ0n) is 24.2. The van der Waals surface area contributed by atoms with Crippen LogP contribution in [0.25, 0.3) is 0 Å². The number of anilines is 1. The van der Waals surface area contributed by atoms with Crippen LogP contribution in [0.4, 0.5) is 5.69 Å². The molecule has 0 radical (unpaired) electrons. The molecule has 0 bridgehead atoms. The molecule has 3 rings (SSSR count). The molecule has 0 spiro atoms. The predicted octanol–water partition coefficient (Wildman–Crippen LogP) is 4.29. The summed E-state index contributed by atoms with van der Waals surface area (Å²) in [6, 6.07) is 28.7. The van der Waals surface area contributed by atoms with Gasteiger partial charge in [0, 0.05) is 0 Å². The Balaban J connectivity index is 1.25. The fourth-order valence-corrected chi connectivity index (χ4v) is 9.14. The summed E-state index contributed by atoms with van der Waals surface area (Å²) < 4.78 is 34.9. The van der Waals surface area contributed by atoms with Gasteiger partial charge in [0.15, 0.2) is 0 Å². The summed E-state index contributed by atoms with van der Waals surface area (Å²) >= 11 is 0. The molecule has 2 N–H and O–H groups in total. The van der Waals surface area contributed by atoms with Crippen molar-refractivity contribution in [2.45, 2.75) is 25.8 Å². The van der Waals surface area contributed by atoms with Gasteiger partial charge in [-0.1, -0.05) is 93.6 Å². The minimum absolute atomic E-state index is 0.0473. The molecular formula is C32H45NO6Si. The predicted molar refractivity (Wildman–Crippen MR) is 163 cm³/mol. The van der Waals surface area contributed by atoms with E-state index < -0.39 is 8.32 Å². The van der Waals surface area contributed by atoms with E-state index in [0.29, 0.717) is 77.5 Å². The third-order valence-electron chi connectivity index (χ3n) is 6.48. The van der Waals surface area contributed by atoms with E-state index in [0.717, 1.165) is 0 Å².